The van der Waals surface area contributed by atoms with Crippen molar-refractivity contribution in [2.24, 2.45) is 5.41 Å². The van der Waals surface area contributed by atoms with Crippen molar-refractivity contribution in [1.29, 1.82) is 0 Å². The summed E-state index contributed by atoms with van der Waals surface area (Å²) < 4.78 is 5.58. The molecule has 1 aromatic rings. The fourth-order valence-corrected chi connectivity index (χ4v) is 4.07. The first-order valence-electron chi connectivity index (χ1n) is 8.66. The van der Waals surface area contributed by atoms with Crippen molar-refractivity contribution < 1.29 is 4.74 Å². The van der Waals surface area contributed by atoms with E-state index in [0.717, 1.165) is 19.8 Å². The Labute approximate surface area is 129 Å². The number of benzene rings is 1. The highest BCUT2D eigenvalue weighted by Gasteiger charge is 2.36. The molecule has 1 unspecified atom stereocenters. The van der Waals surface area contributed by atoms with Crippen LogP contribution < -0.4 is 5.32 Å². The van der Waals surface area contributed by atoms with E-state index in [1.54, 1.807) is 0 Å². The molecule has 2 nitrogen and oxygen atoms in total. The molecular weight excluding hydrogens is 258 g/mol. The lowest BCUT2D eigenvalue weighted by Crippen LogP contribution is -2.38. The quantitative estimate of drug-likeness (QED) is 0.845. The van der Waals surface area contributed by atoms with E-state index >= 15 is 0 Å². The molecule has 0 spiro atoms. The minimum Gasteiger partial charge on any atom is -0.372 e. The van der Waals surface area contributed by atoms with Crippen LogP contribution in [0.25, 0.3) is 0 Å². The van der Waals surface area contributed by atoms with Crippen LogP contribution in [0, 0.1) is 5.41 Å². The van der Waals surface area contributed by atoms with E-state index in [1.165, 1.54) is 55.2 Å². The smallest absolute Gasteiger partial charge is 0.0725 e. The molecule has 1 aliphatic heterocycles. The van der Waals surface area contributed by atoms with Gasteiger partial charge >= 0.3 is 0 Å². The second kappa shape index (κ2) is 6.50. The van der Waals surface area contributed by atoms with Crippen molar-refractivity contribution in [3.8, 4) is 0 Å². The van der Waals surface area contributed by atoms with Gasteiger partial charge in [-0.05, 0) is 47.9 Å². The zero-order valence-corrected chi connectivity index (χ0v) is 13.6. The third kappa shape index (κ3) is 3.17. The number of nitrogens with one attached hydrogen (secondary N) is 1. The summed E-state index contributed by atoms with van der Waals surface area (Å²) >= 11 is 0. The molecule has 116 valence electrons. The van der Waals surface area contributed by atoms with Gasteiger partial charge in [-0.3, -0.25) is 0 Å². The average Bonchev–Trinajstić information content (AvgIpc) is 2.96. The van der Waals surface area contributed by atoms with Crippen molar-refractivity contribution in [1.82, 2.24) is 5.32 Å². The Bertz CT molecular complexity index is 476. The molecule has 0 amide bonds. The zero-order chi connectivity index (χ0) is 14.7. The number of hydrogen-bond donors (Lipinski definition) is 1. The van der Waals surface area contributed by atoms with Gasteiger partial charge in [0.25, 0.3) is 0 Å². The highest BCUT2D eigenvalue weighted by Crippen LogP contribution is 2.46. The first kappa shape index (κ1) is 15.1. The van der Waals surface area contributed by atoms with Crippen LogP contribution in [0.15, 0.2) is 18.2 Å². The van der Waals surface area contributed by atoms with Gasteiger partial charge in [0, 0.05) is 6.04 Å². The topological polar surface area (TPSA) is 21.3 Å². The maximum atomic E-state index is 5.58. The summed E-state index contributed by atoms with van der Waals surface area (Å²) in [6, 6.07) is 7.50. The molecular formula is C19H29NO. The molecule has 0 bridgehead atoms. The van der Waals surface area contributed by atoms with Crippen LogP contribution in [0.5, 0.6) is 0 Å². The van der Waals surface area contributed by atoms with Crippen LogP contribution in [0.4, 0.5) is 0 Å². The van der Waals surface area contributed by atoms with Crippen LogP contribution in [-0.4, -0.2) is 6.54 Å². The standard InChI is InChI=1S/C19H29NO/c1-3-11-20-18(19(2)9-5-4-6-10-19)15-7-8-16-13-21-14-17(16)12-15/h7-8,12,18,20H,3-6,9-11,13-14H2,1-2H3. The maximum absolute atomic E-state index is 5.58. The van der Waals surface area contributed by atoms with Gasteiger partial charge in [-0.2, -0.15) is 0 Å². The fraction of sp³-hybridized carbons (Fsp3) is 0.684. The van der Waals surface area contributed by atoms with Crippen LogP contribution in [0.2, 0.25) is 0 Å². The summed E-state index contributed by atoms with van der Waals surface area (Å²) in [5.74, 6) is 0. The SMILES string of the molecule is CCCNC(c1ccc2c(c1)COC2)C1(C)CCCCC1. The van der Waals surface area contributed by atoms with E-state index in [-0.39, 0.29) is 0 Å². The Kier molecular flexibility index (Phi) is 4.66. The zero-order valence-electron chi connectivity index (χ0n) is 13.6. The predicted molar refractivity (Wildman–Crippen MR) is 87.2 cm³/mol. The summed E-state index contributed by atoms with van der Waals surface area (Å²) in [4.78, 5) is 0. The molecule has 0 aromatic heterocycles. The van der Waals surface area contributed by atoms with Gasteiger partial charge in [0.2, 0.25) is 0 Å². The fourth-order valence-electron chi connectivity index (χ4n) is 4.07. The molecule has 2 aliphatic rings. The Balaban J connectivity index is 1.87. The molecule has 1 aromatic carbocycles. The summed E-state index contributed by atoms with van der Waals surface area (Å²) in [5, 5.41) is 3.85. The summed E-state index contributed by atoms with van der Waals surface area (Å²) in [6.45, 7) is 7.43. The van der Waals surface area contributed by atoms with E-state index in [4.69, 9.17) is 4.74 Å². The molecule has 1 N–H and O–H groups in total. The average molecular weight is 287 g/mol. The lowest BCUT2D eigenvalue weighted by molar-refractivity contribution is 0.134. The van der Waals surface area contributed by atoms with Crippen molar-refractivity contribution >= 4 is 0 Å². The maximum Gasteiger partial charge on any atom is 0.0725 e. The van der Waals surface area contributed by atoms with Gasteiger partial charge in [0.05, 0.1) is 13.2 Å². The third-order valence-electron chi connectivity index (χ3n) is 5.37. The monoisotopic (exact) mass is 287 g/mol. The van der Waals surface area contributed by atoms with Crippen molar-refractivity contribution in [3.05, 3.63) is 34.9 Å². The highest BCUT2D eigenvalue weighted by molar-refractivity contribution is 5.35. The van der Waals surface area contributed by atoms with Crippen molar-refractivity contribution in [2.75, 3.05) is 6.54 Å². The number of fused-ring (bicyclic) bond motifs is 1. The minimum absolute atomic E-state index is 0.404. The van der Waals surface area contributed by atoms with E-state index in [2.05, 4.69) is 37.4 Å². The van der Waals surface area contributed by atoms with Gasteiger partial charge in [0.1, 0.15) is 0 Å². The van der Waals surface area contributed by atoms with E-state index in [9.17, 15) is 0 Å². The lowest BCUT2D eigenvalue weighted by atomic mass is 9.68. The summed E-state index contributed by atoms with van der Waals surface area (Å²) in [5.41, 5.74) is 4.65. The molecule has 0 radical (unpaired) electrons. The Hall–Kier alpha value is -0.860. The third-order valence-corrected chi connectivity index (χ3v) is 5.37. The van der Waals surface area contributed by atoms with Crippen molar-refractivity contribution in [3.63, 3.8) is 0 Å². The molecule has 21 heavy (non-hydrogen) atoms. The van der Waals surface area contributed by atoms with E-state index in [1.807, 2.05) is 0 Å². The van der Waals surface area contributed by atoms with Crippen LogP contribution >= 0.6 is 0 Å². The number of hydrogen-bond acceptors (Lipinski definition) is 2. The molecule has 1 fully saturated rings. The molecule has 1 atom stereocenters. The molecule has 3 rings (SSSR count). The highest BCUT2D eigenvalue weighted by atomic mass is 16.5. The molecule has 1 heterocycles. The number of ether oxygens (including phenoxy) is 1. The van der Waals surface area contributed by atoms with Gasteiger partial charge in [-0.1, -0.05) is 51.3 Å². The molecule has 0 saturated heterocycles. The van der Waals surface area contributed by atoms with Crippen LogP contribution in [-0.2, 0) is 18.0 Å². The minimum atomic E-state index is 0.404. The first-order valence-corrected chi connectivity index (χ1v) is 8.66. The Morgan fingerprint density at radius 1 is 1.14 bits per heavy atom. The van der Waals surface area contributed by atoms with Gasteiger partial charge in [0.15, 0.2) is 0 Å². The Morgan fingerprint density at radius 3 is 2.67 bits per heavy atom. The predicted octanol–water partition coefficient (Wildman–Crippen LogP) is 4.73. The Morgan fingerprint density at radius 2 is 1.90 bits per heavy atom. The first-order chi connectivity index (χ1) is 10.2. The van der Waals surface area contributed by atoms with Crippen LogP contribution in [0.3, 0.4) is 0 Å². The van der Waals surface area contributed by atoms with Crippen molar-refractivity contribution in [2.45, 2.75) is 71.6 Å². The number of rotatable bonds is 5. The lowest BCUT2D eigenvalue weighted by Gasteiger charge is -2.42. The van der Waals surface area contributed by atoms with Crippen LogP contribution in [0.1, 0.15) is 75.1 Å². The summed E-state index contributed by atoms with van der Waals surface area (Å²) in [7, 11) is 0. The normalized spacial score (nSPS) is 22.0. The summed E-state index contributed by atoms with van der Waals surface area (Å²) in [6.07, 6.45) is 8.07. The van der Waals surface area contributed by atoms with E-state index in [0.29, 0.717) is 11.5 Å². The van der Waals surface area contributed by atoms with Gasteiger partial charge in [-0.15, -0.1) is 0 Å². The molecule has 2 heteroatoms. The van der Waals surface area contributed by atoms with E-state index < -0.39 is 0 Å². The largest absolute Gasteiger partial charge is 0.372 e. The van der Waals surface area contributed by atoms with Gasteiger partial charge < -0.3 is 10.1 Å². The molecule has 1 saturated carbocycles. The second-order valence-electron chi connectivity index (χ2n) is 7.12. The molecule has 1 aliphatic carbocycles. The van der Waals surface area contributed by atoms with Gasteiger partial charge in [-0.25, -0.2) is 0 Å². The second-order valence-corrected chi connectivity index (χ2v) is 7.12.